The minimum atomic E-state index is 0.104. The quantitative estimate of drug-likeness (QED) is 0.497. The standard InChI is InChI=1S/C8H15NO2/c1-3-9-4-2-8(1)7-10-5-6-11-8/h9H,1-7H2/p+1. The normalized spacial score (nSPS) is 30.5. The van der Waals surface area contributed by atoms with E-state index in [1.807, 2.05) is 0 Å². The van der Waals surface area contributed by atoms with Crippen molar-refractivity contribution in [2.75, 3.05) is 32.9 Å². The fourth-order valence-corrected chi connectivity index (χ4v) is 1.91. The Morgan fingerprint density at radius 1 is 1.09 bits per heavy atom. The third-order valence-electron chi connectivity index (χ3n) is 2.61. The average molecular weight is 158 g/mol. The predicted octanol–water partition coefficient (Wildman–Crippen LogP) is -0.871. The van der Waals surface area contributed by atoms with E-state index >= 15 is 0 Å². The molecule has 0 bridgehead atoms. The van der Waals surface area contributed by atoms with E-state index in [9.17, 15) is 0 Å². The van der Waals surface area contributed by atoms with Crippen LogP contribution in [0.5, 0.6) is 0 Å². The van der Waals surface area contributed by atoms with Crippen LogP contribution >= 0.6 is 0 Å². The highest BCUT2D eigenvalue weighted by molar-refractivity contribution is 4.83. The Labute approximate surface area is 67.1 Å². The molecule has 2 N–H and O–H groups in total. The molecule has 0 amide bonds. The summed E-state index contributed by atoms with van der Waals surface area (Å²) in [7, 11) is 0. The molecule has 0 saturated carbocycles. The first-order valence-electron chi connectivity index (χ1n) is 4.45. The molecule has 0 atom stereocenters. The van der Waals surface area contributed by atoms with Crippen molar-refractivity contribution in [3.63, 3.8) is 0 Å². The number of nitrogens with two attached hydrogens (primary N) is 1. The fourth-order valence-electron chi connectivity index (χ4n) is 1.91. The summed E-state index contributed by atoms with van der Waals surface area (Å²) < 4.78 is 11.2. The van der Waals surface area contributed by atoms with Crippen molar-refractivity contribution in [3.8, 4) is 0 Å². The maximum atomic E-state index is 5.76. The second kappa shape index (κ2) is 3.09. The summed E-state index contributed by atoms with van der Waals surface area (Å²) in [5.41, 5.74) is 0.104. The van der Waals surface area contributed by atoms with Gasteiger partial charge in [0.1, 0.15) is 5.60 Å². The summed E-state index contributed by atoms with van der Waals surface area (Å²) in [6.07, 6.45) is 2.32. The summed E-state index contributed by atoms with van der Waals surface area (Å²) in [6.45, 7) is 4.79. The summed E-state index contributed by atoms with van der Waals surface area (Å²) in [4.78, 5) is 0. The highest BCUT2D eigenvalue weighted by Crippen LogP contribution is 2.24. The van der Waals surface area contributed by atoms with E-state index in [1.54, 1.807) is 0 Å². The number of ether oxygens (including phenoxy) is 2. The van der Waals surface area contributed by atoms with Gasteiger partial charge in [0.05, 0.1) is 32.9 Å². The second-order valence-corrected chi connectivity index (χ2v) is 3.45. The van der Waals surface area contributed by atoms with E-state index in [0.29, 0.717) is 0 Å². The molecule has 2 fully saturated rings. The number of rotatable bonds is 0. The molecule has 0 aromatic carbocycles. The molecule has 11 heavy (non-hydrogen) atoms. The molecule has 0 aromatic rings. The zero-order valence-electron chi connectivity index (χ0n) is 6.84. The lowest BCUT2D eigenvalue weighted by atomic mass is 9.92. The van der Waals surface area contributed by atoms with Crippen LogP contribution in [0.3, 0.4) is 0 Å². The molecular weight excluding hydrogens is 142 g/mol. The first-order valence-corrected chi connectivity index (χ1v) is 4.45. The van der Waals surface area contributed by atoms with Gasteiger partial charge in [-0.05, 0) is 0 Å². The third-order valence-corrected chi connectivity index (χ3v) is 2.61. The van der Waals surface area contributed by atoms with Gasteiger partial charge in [0, 0.05) is 12.8 Å². The predicted molar refractivity (Wildman–Crippen MR) is 40.4 cm³/mol. The summed E-state index contributed by atoms with van der Waals surface area (Å²) in [5, 5.41) is 2.35. The van der Waals surface area contributed by atoms with Gasteiger partial charge in [0.15, 0.2) is 0 Å². The Kier molecular flexibility index (Phi) is 2.11. The zero-order valence-corrected chi connectivity index (χ0v) is 6.84. The molecule has 2 aliphatic rings. The Bertz CT molecular complexity index is 107. The summed E-state index contributed by atoms with van der Waals surface area (Å²) in [5.74, 6) is 0. The monoisotopic (exact) mass is 158 g/mol. The lowest BCUT2D eigenvalue weighted by molar-refractivity contribution is -0.669. The molecule has 0 unspecified atom stereocenters. The number of piperidine rings is 1. The van der Waals surface area contributed by atoms with Gasteiger partial charge in [-0.15, -0.1) is 0 Å². The maximum Gasteiger partial charge on any atom is 0.102 e. The largest absolute Gasteiger partial charge is 0.376 e. The van der Waals surface area contributed by atoms with Crippen LogP contribution in [0.25, 0.3) is 0 Å². The SMILES string of the molecule is C1CC2(CC[NH2+]1)COCCO2. The second-order valence-electron chi connectivity index (χ2n) is 3.45. The molecule has 0 radical (unpaired) electrons. The van der Waals surface area contributed by atoms with Gasteiger partial charge >= 0.3 is 0 Å². The van der Waals surface area contributed by atoms with E-state index in [1.165, 1.54) is 13.1 Å². The number of hydrogen-bond acceptors (Lipinski definition) is 2. The molecule has 2 heterocycles. The van der Waals surface area contributed by atoms with Crippen molar-refractivity contribution in [1.29, 1.82) is 0 Å². The molecule has 3 heteroatoms. The van der Waals surface area contributed by atoms with Gasteiger partial charge in [0.25, 0.3) is 0 Å². The van der Waals surface area contributed by atoms with Crippen LogP contribution in [-0.2, 0) is 9.47 Å². The van der Waals surface area contributed by atoms with Gasteiger partial charge in [-0.25, -0.2) is 0 Å². The molecule has 2 saturated heterocycles. The molecule has 3 nitrogen and oxygen atoms in total. The molecule has 2 rings (SSSR count). The van der Waals surface area contributed by atoms with Crippen LogP contribution in [-0.4, -0.2) is 38.5 Å². The first-order chi connectivity index (χ1) is 5.41. The van der Waals surface area contributed by atoms with E-state index in [-0.39, 0.29) is 5.60 Å². The third kappa shape index (κ3) is 1.55. The van der Waals surface area contributed by atoms with Crippen LogP contribution in [0.1, 0.15) is 12.8 Å². The van der Waals surface area contributed by atoms with Gasteiger partial charge < -0.3 is 14.8 Å². The van der Waals surface area contributed by atoms with Crippen LogP contribution in [0.15, 0.2) is 0 Å². The molecule has 0 aliphatic carbocycles. The maximum absolute atomic E-state index is 5.76. The topological polar surface area (TPSA) is 35.1 Å². The van der Waals surface area contributed by atoms with E-state index in [4.69, 9.17) is 9.47 Å². The number of hydrogen-bond donors (Lipinski definition) is 1. The van der Waals surface area contributed by atoms with E-state index in [2.05, 4.69) is 5.32 Å². The van der Waals surface area contributed by atoms with Crippen molar-refractivity contribution < 1.29 is 14.8 Å². The summed E-state index contributed by atoms with van der Waals surface area (Å²) >= 11 is 0. The van der Waals surface area contributed by atoms with Crippen molar-refractivity contribution in [3.05, 3.63) is 0 Å². The van der Waals surface area contributed by atoms with E-state index < -0.39 is 0 Å². The Morgan fingerprint density at radius 2 is 1.91 bits per heavy atom. The Hall–Kier alpha value is -0.120. The first kappa shape index (κ1) is 7.53. The van der Waals surface area contributed by atoms with Crippen molar-refractivity contribution in [1.82, 2.24) is 0 Å². The van der Waals surface area contributed by atoms with Crippen LogP contribution in [0, 0.1) is 0 Å². The molecule has 0 aromatic heterocycles. The Balaban J connectivity index is 1.94. The fraction of sp³-hybridized carbons (Fsp3) is 1.00. The van der Waals surface area contributed by atoms with Gasteiger partial charge in [-0.2, -0.15) is 0 Å². The minimum Gasteiger partial charge on any atom is -0.376 e. The van der Waals surface area contributed by atoms with E-state index in [0.717, 1.165) is 32.7 Å². The average Bonchev–Trinajstić information content (AvgIpc) is 2.07. The molecular formula is C8H16NO2+. The van der Waals surface area contributed by atoms with Gasteiger partial charge in [0.2, 0.25) is 0 Å². The molecule has 64 valence electrons. The van der Waals surface area contributed by atoms with Crippen LogP contribution in [0.4, 0.5) is 0 Å². The van der Waals surface area contributed by atoms with Crippen molar-refractivity contribution >= 4 is 0 Å². The molecule has 2 aliphatic heterocycles. The van der Waals surface area contributed by atoms with Crippen molar-refractivity contribution in [2.45, 2.75) is 18.4 Å². The highest BCUT2D eigenvalue weighted by Gasteiger charge is 2.36. The molecule has 1 spiro atoms. The lowest BCUT2D eigenvalue weighted by Crippen LogP contribution is -2.88. The smallest absolute Gasteiger partial charge is 0.102 e. The van der Waals surface area contributed by atoms with Crippen molar-refractivity contribution in [2.24, 2.45) is 0 Å². The number of quaternary nitrogens is 1. The Morgan fingerprint density at radius 3 is 2.55 bits per heavy atom. The lowest BCUT2D eigenvalue weighted by Gasteiger charge is -2.38. The zero-order chi connectivity index (χ0) is 7.57. The van der Waals surface area contributed by atoms with Crippen LogP contribution < -0.4 is 5.32 Å². The van der Waals surface area contributed by atoms with Crippen LogP contribution in [0.2, 0.25) is 0 Å². The van der Waals surface area contributed by atoms with Gasteiger partial charge in [-0.1, -0.05) is 0 Å². The minimum absolute atomic E-state index is 0.104. The highest BCUT2D eigenvalue weighted by atomic mass is 16.6. The summed E-state index contributed by atoms with van der Waals surface area (Å²) in [6, 6.07) is 0. The van der Waals surface area contributed by atoms with Gasteiger partial charge in [-0.3, -0.25) is 0 Å².